The lowest BCUT2D eigenvalue weighted by molar-refractivity contribution is -0.136. The Labute approximate surface area is 167 Å². The second-order valence-corrected chi connectivity index (χ2v) is 8.85. The predicted molar refractivity (Wildman–Crippen MR) is 104 cm³/mol. The van der Waals surface area contributed by atoms with Gasteiger partial charge in [-0.25, -0.2) is 4.98 Å². The van der Waals surface area contributed by atoms with E-state index < -0.39 is 0 Å². The second-order valence-electron chi connectivity index (χ2n) is 7.86. The van der Waals surface area contributed by atoms with Crippen LogP contribution in [0.15, 0.2) is 0 Å². The molecular weight excluding hydrogens is 378 g/mol. The minimum absolute atomic E-state index is 0.0455. The molecule has 2 aliphatic rings. The lowest BCUT2D eigenvalue weighted by Crippen LogP contribution is -2.42. The van der Waals surface area contributed by atoms with Crippen molar-refractivity contribution in [2.75, 3.05) is 24.5 Å². The SMILES string of the molecule is Cc1nc(C2CCN(C(=O)C3CC(=O)N(c4nnc(C(C)C)s4)C3)CC2)n[nH]1. The smallest absolute Gasteiger partial charge is 0.229 e. The van der Waals surface area contributed by atoms with Gasteiger partial charge in [0.25, 0.3) is 0 Å². The number of piperidine rings is 1. The molecule has 28 heavy (non-hydrogen) atoms. The van der Waals surface area contributed by atoms with Gasteiger partial charge in [-0.3, -0.25) is 19.6 Å². The van der Waals surface area contributed by atoms with E-state index in [-0.39, 0.29) is 36.0 Å². The highest BCUT2D eigenvalue weighted by molar-refractivity contribution is 7.15. The normalized spacial score (nSPS) is 21.1. The maximum absolute atomic E-state index is 13.0. The van der Waals surface area contributed by atoms with Gasteiger partial charge >= 0.3 is 0 Å². The maximum atomic E-state index is 13.0. The Morgan fingerprint density at radius 1 is 1.25 bits per heavy atom. The van der Waals surface area contributed by atoms with Crippen molar-refractivity contribution in [1.82, 2.24) is 30.3 Å². The van der Waals surface area contributed by atoms with E-state index in [0.29, 0.717) is 24.8 Å². The van der Waals surface area contributed by atoms with Crippen molar-refractivity contribution in [2.45, 2.75) is 51.9 Å². The highest BCUT2D eigenvalue weighted by Gasteiger charge is 2.39. The number of rotatable bonds is 4. The monoisotopic (exact) mass is 403 g/mol. The Morgan fingerprint density at radius 2 is 2.00 bits per heavy atom. The molecule has 2 aliphatic heterocycles. The number of aromatic amines is 1. The van der Waals surface area contributed by atoms with Gasteiger partial charge in [0.05, 0.1) is 5.92 Å². The fourth-order valence-corrected chi connectivity index (χ4v) is 4.66. The number of nitrogens with one attached hydrogen (secondary N) is 1. The van der Waals surface area contributed by atoms with Gasteiger partial charge < -0.3 is 4.90 Å². The van der Waals surface area contributed by atoms with Crippen molar-refractivity contribution >= 4 is 28.3 Å². The number of anilines is 1. The molecule has 2 saturated heterocycles. The topological polar surface area (TPSA) is 108 Å². The molecular formula is C18H25N7O2S. The van der Waals surface area contributed by atoms with Crippen LogP contribution < -0.4 is 4.90 Å². The molecule has 1 unspecified atom stereocenters. The van der Waals surface area contributed by atoms with Gasteiger partial charge in [-0.2, -0.15) is 5.10 Å². The molecule has 0 radical (unpaired) electrons. The van der Waals surface area contributed by atoms with Gasteiger partial charge in [0.1, 0.15) is 10.8 Å². The van der Waals surface area contributed by atoms with Crippen LogP contribution in [0.2, 0.25) is 0 Å². The summed E-state index contributed by atoms with van der Waals surface area (Å²) in [5, 5.41) is 17.0. The quantitative estimate of drug-likeness (QED) is 0.835. The Balaban J connectivity index is 1.36. The van der Waals surface area contributed by atoms with Gasteiger partial charge in [-0.05, 0) is 19.8 Å². The lowest BCUT2D eigenvalue weighted by atomic mass is 9.95. The fraction of sp³-hybridized carbons (Fsp3) is 0.667. The number of hydrogen-bond acceptors (Lipinski definition) is 7. The van der Waals surface area contributed by atoms with Crippen LogP contribution in [-0.2, 0) is 9.59 Å². The largest absolute Gasteiger partial charge is 0.342 e. The van der Waals surface area contributed by atoms with Crippen LogP contribution in [0.4, 0.5) is 5.13 Å². The van der Waals surface area contributed by atoms with Gasteiger partial charge in [0.2, 0.25) is 16.9 Å². The zero-order chi connectivity index (χ0) is 19.8. The molecule has 4 rings (SSSR count). The van der Waals surface area contributed by atoms with E-state index in [2.05, 4.69) is 25.4 Å². The first-order valence-electron chi connectivity index (χ1n) is 9.73. The number of H-pyrrole nitrogens is 1. The highest BCUT2D eigenvalue weighted by Crippen LogP contribution is 2.32. The molecule has 4 heterocycles. The third-order valence-electron chi connectivity index (χ3n) is 5.42. The van der Waals surface area contributed by atoms with E-state index in [4.69, 9.17) is 0 Å². The van der Waals surface area contributed by atoms with Crippen molar-refractivity contribution in [1.29, 1.82) is 0 Å². The van der Waals surface area contributed by atoms with Gasteiger partial charge in [-0.1, -0.05) is 25.2 Å². The Bertz CT molecular complexity index is 869. The summed E-state index contributed by atoms with van der Waals surface area (Å²) in [5.41, 5.74) is 0. The number of carbonyl (C=O) groups is 2. The average Bonchev–Trinajstić information content (AvgIpc) is 3.40. The lowest BCUT2D eigenvalue weighted by Gasteiger charge is -2.32. The number of aromatic nitrogens is 5. The van der Waals surface area contributed by atoms with E-state index in [0.717, 1.165) is 29.5 Å². The first kappa shape index (κ1) is 19.0. The number of hydrogen-bond donors (Lipinski definition) is 1. The standard InChI is InChI=1S/C18H25N7O2S/c1-10(2)16-22-23-18(28-16)25-9-13(8-14(25)26)17(27)24-6-4-12(5-7-24)15-19-11(3)20-21-15/h10,12-13H,4-9H2,1-3H3,(H,19,20,21). The first-order valence-corrected chi connectivity index (χ1v) is 10.6. The van der Waals surface area contributed by atoms with Crippen LogP contribution in [-0.4, -0.2) is 61.7 Å². The van der Waals surface area contributed by atoms with Gasteiger partial charge in [0.15, 0.2) is 5.82 Å². The molecule has 0 saturated carbocycles. The number of nitrogens with zero attached hydrogens (tertiary/aromatic N) is 6. The first-order chi connectivity index (χ1) is 13.4. The second kappa shape index (κ2) is 7.57. The predicted octanol–water partition coefficient (Wildman–Crippen LogP) is 1.85. The molecule has 9 nitrogen and oxygen atoms in total. The summed E-state index contributed by atoms with van der Waals surface area (Å²) in [6.07, 6.45) is 1.94. The van der Waals surface area contributed by atoms with E-state index in [9.17, 15) is 9.59 Å². The van der Waals surface area contributed by atoms with Crippen molar-refractivity contribution in [2.24, 2.45) is 5.92 Å². The van der Waals surface area contributed by atoms with Crippen molar-refractivity contribution in [3.63, 3.8) is 0 Å². The maximum Gasteiger partial charge on any atom is 0.229 e. The third-order valence-corrected chi connectivity index (χ3v) is 6.66. The molecule has 0 aliphatic carbocycles. The molecule has 0 spiro atoms. The molecule has 1 atom stereocenters. The summed E-state index contributed by atoms with van der Waals surface area (Å²) in [4.78, 5) is 33.3. The summed E-state index contributed by atoms with van der Waals surface area (Å²) in [6.45, 7) is 7.73. The minimum atomic E-state index is -0.304. The molecule has 0 aromatic carbocycles. The number of aryl methyl sites for hydroxylation is 1. The van der Waals surface area contributed by atoms with Gasteiger partial charge in [0, 0.05) is 37.9 Å². The Kier molecular flexibility index (Phi) is 5.13. The van der Waals surface area contributed by atoms with Crippen LogP contribution in [0.25, 0.3) is 0 Å². The van der Waals surface area contributed by atoms with Crippen LogP contribution in [0.3, 0.4) is 0 Å². The highest BCUT2D eigenvalue weighted by atomic mass is 32.1. The molecule has 2 amide bonds. The number of carbonyl (C=O) groups excluding carboxylic acids is 2. The summed E-state index contributed by atoms with van der Waals surface area (Å²) in [5.74, 6) is 1.92. The molecule has 2 fully saturated rings. The molecule has 0 bridgehead atoms. The summed E-state index contributed by atoms with van der Waals surface area (Å²) in [7, 11) is 0. The number of likely N-dealkylation sites (tertiary alicyclic amines) is 1. The zero-order valence-electron chi connectivity index (χ0n) is 16.4. The molecule has 150 valence electrons. The van der Waals surface area contributed by atoms with E-state index in [1.54, 1.807) is 4.90 Å². The van der Waals surface area contributed by atoms with Crippen molar-refractivity contribution in [3.05, 3.63) is 16.7 Å². The third kappa shape index (κ3) is 3.65. The summed E-state index contributed by atoms with van der Waals surface area (Å²) < 4.78 is 0. The van der Waals surface area contributed by atoms with Crippen LogP contribution in [0, 0.1) is 12.8 Å². The summed E-state index contributed by atoms with van der Waals surface area (Å²) in [6, 6.07) is 0. The van der Waals surface area contributed by atoms with E-state index in [1.807, 2.05) is 25.7 Å². The molecule has 2 aromatic heterocycles. The average molecular weight is 404 g/mol. The van der Waals surface area contributed by atoms with Crippen molar-refractivity contribution in [3.8, 4) is 0 Å². The Hall–Kier alpha value is -2.36. The number of amides is 2. The molecule has 2 aromatic rings. The van der Waals surface area contributed by atoms with Crippen molar-refractivity contribution < 1.29 is 9.59 Å². The van der Waals surface area contributed by atoms with Crippen LogP contribution in [0.1, 0.15) is 61.6 Å². The minimum Gasteiger partial charge on any atom is -0.342 e. The van der Waals surface area contributed by atoms with Crippen LogP contribution >= 0.6 is 11.3 Å². The van der Waals surface area contributed by atoms with E-state index in [1.165, 1.54) is 11.3 Å². The zero-order valence-corrected chi connectivity index (χ0v) is 17.2. The van der Waals surface area contributed by atoms with Gasteiger partial charge in [-0.15, -0.1) is 10.2 Å². The Morgan fingerprint density at radius 3 is 2.61 bits per heavy atom. The van der Waals surface area contributed by atoms with Crippen LogP contribution in [0.5, 0.6) is 0 Å². The molecule has 10 heteroatoms. The van der Waals surface area contributed by atoms with E-state index >= 15 is 0 Å². The molecule has 1 N–H and O–H groups in total. The summed E-state index contributed by atoms with van der Waals surface area (Å²) >= 11 is 1.43. The fourth-order valence-electron chi connectivity index (χ4n) is 3.79.